The third kappa shape index (κ3) is 6.72. The fraction of sp³-hybridized carbons (Fsp3) is 0.485. The summed E-state index contributed by atoms with van der Waals surface area (Å²) in [5, 5.41) is 8.42. The molecule has 2 heterocycles. The Morgan fingerprint density at radius 1 is 1.21 bits per heavy atom. The Labute approximate surface area is 232 Å². The molecular weight excluding hydrogens is 486 g/mol. The van der Waals surface area contributed by atoms with Gasteiger partial charge in [-0.2, -0.15) is 5.26 Å². The largest absolute Gasteiger partial charge is 0.343 e. The van der Waals surface area contributed by atoms with Crippen molar-refractivity contribution in [3.8, 4) is 27.1 Å². The summed E-state index contributed by atoms with van der Waals surface area (Å²) < 4.78 is 0. The van der Waals surface area contributed by atoms with Crippen molar-refractivity contribution in [2.24, 2.45) is 5.92 Å². The summed E-state index contributed by atoms with van der Waals surface area (Å²) in [6, 6.07) is 15.4. The van der Waals surface area contributed by atoms with E-state index < -0.39 is 0 Å². The summed E-state index contributed by atoms with van der Waals surface area (Å²) in [7, 11) is 0. The molecule has 0 radical (unpaired) electrons. The molecule has 1 unspecified atom stereocenters. The highest BCUT2D eigenvalue weighted by atomic mass is 32.1. The van der Waals surface area contributed by atoms with Crippen LogP contribution < -0.4 is 0 Å². The third-order valence-corrected chi connectivity index (χ3v) is 8.87. The van der Waals surface area contributed by atoms with Gasteiger partial charge in [0.05, 0.1) is 10.9 Å². The predicted molar refractivity (Wildman–Crippen MR) is 158 cm³/mol. The van der Waals surface area contributed by atoms with Crippen LogP contribution in [0.15, 0.2) is 42.6 Å². The number of fused-ring (bicyclic) bond motifs is 1. The Morgan fingerprint density at radius 3 is 2.68 bits per heavy atom. The lowest BCUT2D eigenvalue weighted by Gasteiger charge is -2.16. The van der Waals surface area contributed by atoms with Crippen LogP contribution in [0.25, 0.3) is 21.0 Å². The van der Waals surface area contributed by atoms with Gasteiger partial charge in [0.2, 0.25) is 5.91 Å². The van der Waals surface area contributed by atoms with Crippen LogP contribution >= 0.6 is 11.3 Å². The molecule has 2 aliphatic rings. The maximum Gasteiger partial charge on any atom is 0.222 e. The first-order valence-electron chi connectivity index (χ1n) is 14.2. The van der Waals surface area contributed by atoms with Crippen molar-refractivity contribution in [2.45, 2.75) is 85.0 Å². The van der Waals surface area contributed by atoms with Crippen molar-refractivity contribution >= 4 is 17.2 Å². The SMILES string of the molecule is CC#N.Cc1cc(-c2ncc(-c3cccc4c3CCC4CCCC(=O)N3CCCC3)s2)ccc1CC(C)C. The molecule has 2 aromatic carbocycles. The first-order chi connectivity index (χ1) is 18.4. The van der Waals surface area contributed by atoms with Gasteiger partial charge in [-0.05, 0) is 97.6 Å². The van der Waals surface area contributed by atoms with Crippen LogP contribution in [0.2, 0.25) is 0 Å². The summed E-state index contributed by atoms with van der Waals surface area (Å²) in [6.07, 6.45) is 10.7. The minimum Gasteiger partial charge on any atom is -0.343 e. The van der Waals surface area contributed by atoms with Crippen LogP contribution in [-0.4, -0.2) is 28.9 Å². The number of aromatic nitrogens is 1. The van der Waals surface area contributed by atoms with Crippen LogP contribution in [0.1, 0.15) is 87.5 Å². The van der Waals surface area contributed by atoms with Gasteiger partial charge in [-0.3, -0.25) is 4.79 Å². The van der Waals surface area contributed by atoms with Gasteiger partial charge in [0.1, 0.15) is 5.01 Å². The second-order valence-corrected chi connectivity index (χ2v) is 12.1. The molecule has 1 aliphatic carbocycles. The van der Waals surface area contributed by atoms with Crippen molar-refractivity contribution in [1.29, 1.82) is 5.26 Å². The lowest BCUT2D eigenvalue weighted by atomic mass is 9.94. The zero-order valence-electron chi connectivity index (χ0n) is 23.4. The number of thiazole rings is 1. The van der Waals surface area contributed by atoms with E-state index in [0.717, 1.165) is 43.8 Å². The average molecular weight is 528 g/mol. The summed E-state index contributed by atoms with van der Waals surface area (Å²) >= 11 is 1.81. The quantitative estimate of drug-likeness (QED) is 0.296. The van der Waals surface area contributed by atoms with Gasteiger partial charge in [0.15, 0.2) is 0 Å². The third-order valence-electron chi connectivity index (χ3n) is 7.79. The number of rotatable bonds is 8. The zero-order valence-corrected chi connectivity index (χ0v) is 24.2. The smallest absolute Gasteiger partial charge is 0.222 e. The Kier molecular flexibility index (Phi) is 9.74. The van der Waals surface area contributed by atoms with E-state index in [1.165, 1.54) is 64.4 Å². The highest BCUT2D eigenvalue weighted by molar-refractivity contribution is 7.18. The summed E-state index contributed by atoms with van der Waals surface area (Å²) in [4.78, 5) is 20.6. The molecule has 0 N–H and O–H groups in total. The van der Waals surface area contributed by atoms with Crippen molar-refractivity contribution in [2.75, 3.05) is 13.1 Å². The highest BCUT2D eigenvalue weighted by Gasteiger charge is 2.26. The van der Waals surface area contributed by atoms with E-state index in [0.29, 0.717) is 24.2 Å². The van der Waals surface area contributed by atoms with Gasteiger partial charge in [-0.25, -0.2) is 4.98 Å². The summed E-state index contributed by atoms with van der Waals surface area (Å²) in [5.74, 6) is 1.61. The van der Waals surface area contributed by atoms with Crippen LogP contribution in [0, 0.1) is 24.2 Å². The monoisotopic (exact) mass is 527 g/mol. The molecule has 200 valence electrons. The topological polar surface area (TPSA) is 57.0 Å². The Balaban J connectivity index is 0.00000107. The minimum absolute atomic E-state index is 0.360. The predicted octanol–water partition coefficient (Wildman–Crippen LogP) is 8.34. The number of hydrogen-bond acceptors (Lipinski definition) is 4. The number of hydrogen-bond donors (Lipinski definition) is 0. The van der Waals surface area contributed by atoms with Crippen molar-refractivity contribution in [1.82, 2.24) is 9.88 Å². The van der Waals surface area contributed by atoms with Crippen molar-refractivity contribution in [3.05, 3.63) is 64.8 Å². The van der Waals surface area contributed by atoms with Crippen LogP contribution in [-0.2, 0) is 17.6 Å². The lowest BCUT2D eigenvalue weighted by Crippen LogP contribution is -2.27. The van der Waals surface area contributed by atoms with E-state index in [-0.39, 0.29) is 0 Å². The van der Waals surface area contributed by atoms with Gasteiger partial charge < -0.3 is 4.90 Å². The molecule has 1 atom stereocenters. The number of benzene rings is 2. The van der Waals surface area contributed by atoms with Crippen LogP contribution in [0.5, 0.6) is 0 Å². The van der Waals surface area contributed by atoms with Crippen molar-refractivity contribution in [3.63, 3.8) is 0 Å². The van der Waals surface area contributed by atoms with E-state index >= 15 is 0 Å². The number of nitrogens with zero attached hydrogens (tertiary/aromatic N) is 3. The molecule has 38 heavy (non-hydrogen) atoms. The molecule has 1 aliphatic heterocycles. The van der Waals surface area contributed by atoms with Gasteiger partial charge >= 0.3 is 0 Å². The maximum atomic E-state index is 12.4. The molecule has 0 spiro atoms. The molecule has 0 saturated carbocycles. The second kappa shape index (κ2) is 13.2. The lowest BCUT2D eigenvalue weighted by molar-refractivity contribution is -0.130. The van der Waals surface area contributed by atoms with Gasteiger partial charge in [0.25, 0.3) is 0 Å². The maximum absolute atomic E-state index is 12.4. The van der Waals surface area contributed by atoms with E-state index in [9.17, 15) is 4.79 Å². The van der Waals surface area contributed by atoms with Crippen LogP contribution in [0.4, 0.5) is 0 Å². The van der Waals surface area contributed by atoms with Crippen LogP contribution in [0.3, 0.4) is 0 Å². The molecule has 5 rings (SSSR count). The van der Waals surface area contributed by atoms with E-state index in [1.54, 1.807) is 6.07 Å². The Bertz CT molecular complexity index is 1280. The van der Waals surface area contributed by atoms with E-state index in [1.807, 2.05) is 11.3 Å². The number of amides is 1. The number of likely N-dealkylation sites (tertiary alicyclic amines) is 1. The first-order valence-corrected chi connectivity index (χ1v) is 15.0. The second-order valence-electron chi connectivity index (χ2n) is 11.1. The average Bonchev–Trinajstić information content (AvgIpc) is 3.67. The molecule has 5 heteroatoms. The molecule has 3 aromatic rings. The van der Waals surface area contributed by atoms with E-state index in [4.69, 9.17) is 10.2 Å². The number of aryl methyl sites for hydroxylation is 1. The summed E-state index contributed by atoms with van der Waals surface area (Å²) in [6.45, 7) is 10.1. The Hall–Kier alpha value is -2.97. The number of carbonyl (C=O) groups excluding carboxylic acids is 1. The number of carbonyl (C=O) groups is 1. The summed E-state index contributed by atoms with van der Waals surface area (Å²) in [5.41, 5.74) is 8.38. The van der Waals surface area contributed by atoms with Crippen molar-refractivity contribution < 1.29 is 4.79 Å². The zero-order chi connectivity index (χ0) is 27.1. The molecule has 1 saturated heterocycles. The van der Waals surface area contributed by atoms with Gasteiger partial charge in [-0.15, -0.1) is 11.3 Å². The molecular formula is C33H41N3OS. The minimum atomic E-state index is 0.360. The fourth-order valence-electron chi connectivity index (χ4n) is 5.93. The van der Waals surface area contributed by atoms with E-state index in [2.05, 4.69) is 68.3 Å². The normalized spacial score (nSPS) is 16.2. The van der Waals surface area contributed by atoms with Gasteiger partial charge in [-0.1, -0.05) is 44.2 Å². The molecule has 4 nitrogen and oxygen atoms in total. The number of nitriles is 1. The molecule has 1 aromatic heterocycles. The van der Waals surface area contributed by atoms with Gasteiger partial charge in [0, 0.05) is 38.2 Å². The fourth-order valence-corrected chi connectivity index (χ4v) is 6.89. The Morgan fingerprint density at radius 2 is 1.97 bits per heavy atom. The molecule has 1 amide bonds. The standard InChI is InChI=1S/C31H38N2OS.C2H3N/c1-21(2)18-24-12-13-25(19-22(24)3)31-32-20-29(35-31)28-10-7-9-26-23(14-15-27(26)28)8-6-11-30(34)33-16-4-5-17-33;1-2-3/h7,9-10,12-13,19-21,23H,4-6,8,11,14-18H2,1-3H3;1H3. The highest BCUT2D eigenvalue weighted by Crippen LogP contribution is 2.43. The first kappa shape index (κ1) is 28.0. The molecule has 1 fully saturated rings. The molecule has 0 bridgehead atoms.